The Kier molecular flexibility index (Phi) is 3.47. The fraction of sp³-hybridized carbons (Fsp3) is 0.385. The van der Waals surface area contributed by atoms with Gasteiger partial charge in [0.05, 0.1) is 17.6 Å². The summed E-state index contributed by atoms with van der Waals surface area (Å²) in [5, 5.41) is 21.1. The van der Waals surface area contributed by atoms with E-state index < -0.39 is 11.7 Å². The molecule has 0 radical (unpaired) electrons. The van der Waals surface area contributed by atoms with E-state index in [1.807, 2.05) is 0 Å². The van der Waals surface area contributed by atoms with Crippen molar-refractivity contribution in [3.05, 3.63) is 29.6 Å². The molecule has 0 spiro atoms. The normalized spacial score (nSPS) is 22.4. The number of phenols is 1. The molecule has 0 saturated heterocycles. The highest BCUT2D eigenvalue weighted by molar-refractivity contribution is 5.97. The number of carbonyl (C=O) groups is 1. The second-order valence-electron chi connectivity index (χ2n) is 4.41. The summed E-state index contributed by atoms with van der Waals surface area (Å²) >= 11 is 0. The van der Waals surface area contributed by atoms with Crippen LogP contribution in [0.5, 0.6) is 5.75 Å². The Morgan fingerprint density at radius 2 is 2.28 bits per heavy atom. The third-order valence-corrected chi connectivity index (χ3v) is 3.20. The monoisotopic (exact) mass is 248 g/mol. The Hall–Kier alpha value is -2.09. The van der Waals surface area contributed by atoms with Crippen molar-refractivity contribution < 1.29 is 14.3 Å². The summed E-state index contributed by atoms with van der Waals surface area (Å²) < 4.78 is 12.8. The summed E-state index contributed by atoms with van der Waals surface area (Å²) in [6, 6.07) is 5.21. The standard InChI is InChI=1S/C13H13FN2O2/c14-9-4-5-10(12(17)6-9)13(18)16-11-3-1-2-8(11)7-15/h4-6,8,11,17H,1-3H2,(H,16,18). The van der Waals surface area contributed by atoms with E-state index in [1.54, 1.807) is 0 Å². The molecule has 0 aliphatic heterocycles. The molecule has 1 aromatic rings. The van der Waals surface area contributed by atoms with Crippen LogP contribution in [0.15, 0.2) is 18.2 Å². The van der Waals surface area contributed by atoms with E-state index in [1.165, 1.54) is 6.07 Å². The second kappa shape index (κ2) is 5.05. The quantitative estimate of drug-likeness (QED) is 0.840. The lowest BCUT2D eigenvalue weighted by Crippen LogP contribution is -2.36. The summed E-state index contributed by atoms with van der Waals surface area (Å²) in [6.07, 6.45) is 2.43. The van der Waals surface area contributed by atoms with Crippen LogP contribution in [-0.2, 0) is 0 Å². The Morgan fingerprint density at radius 1 is 1.50 bits per heavy atom. The number of amides is 1. The SMILES string of the molecule is N#CC1CCCC1NC(=O)c1ccc(F)cc1O. The zero-order valence-electron chi connectivity index (χ0n) is 9.69. The van der Waals surface area contributed by atoms with E-state index in [-0.39, 0.29) is 23.3 Å². The van der Waals surface area contributed by atoms with Crippen LogP contribution in [0.2, 0.25) is 0 Å². The number of phenolic OH excluding ortho intramolecular Hbond substituents is 1. The van der Waals surface area contributed by atoms with Gasteiger partial charge in [-0.1, -0.05) is 0 Å². The van der Waals surface area contributed by atoms with Crippen molar-refractivity contribution >= 4 is 5.91 Å². The molecular weight excluding hydrogens is 235 g/mol. The van der Waals surface area contributed by atoms with E-state index in [4.69, 9.17) is 5.26 Å². The van der Waals surface area contributed by atoms with Crippen LogP contribution < -0.4 is 5.32 Å². The van der Waals surface area contributed by atoms with Gasteiger partial charge in [-0.3, -0.25) is 4.79 Å². The highest BCUT2D eigenvalue weighted by Gasteiger charge is 2.29. The largest absolute Gasteiger partial charge is 0.507 e. The van der Waals surface area contributed by atoms with Gasteiger partial charge in [-0.15, -0.1) is 0 Å². The average Bonchev–Trinajstić information content (AvgIpc) is 2.76. The van der Waals surface area contributed by atoms with E-state index >= 15 is 0 Å². The number of nitrogens with one attached hydrogen (secondary N) is 1. The number of hydrogen-bond donors (Lipinski definition) is 2. The molecule has 4 nitrogen and oxygen atoms in total. The lowest BCUT2D eigenvalue weighted by atomic mass is 10.1. The average molecular weight is 248 g/mol. The first-order valence-corrected chi connectivity index (χ1v) is 5.81. The predicted molar refractivity (Wildman–Crippen MR) is 62.3 cm³/mol. The number of hydrogen-bond acceptors (Lipinski definition) is 3. The van der Waals surface area contributed by atoms with Gasteiger partial charge in [0.25, 0.3) is 5.91 Å². The van der Waals surface area contributed by atoms with Gasteiger partial charge in [-0.05, 0) is 31.4 Å². The number of halogens is 1. The van der Waals surface area contributed by atoms with Crippen molar-refractivity contribution in [1.29, 1.82) is 5.26 Å². The molecule has 18 heavy (non-hydrogen) atoms. The molecule has 1 aliphatic rings. The van der Waals surface area contributed by atoms with Crippen LogP contribution >= 0.6 is 0 Å². The molecule has 5 heteroatoms. The maximum atomic E-state index is 12.8. The first-order chi connectivity index (χ1) is 8.61. The number of aromatic hydroxyl groups is 1. The van der Waals surface area contributed by atoms with Gasteiger partial charge >= 0.3 is 0 Å². The summed E-state index contributed by atoms with van der Waals surface area (Å²) in [4.78, 5) is 11.9. The minimum absolute atomic E-state index is 0.0278. The van der Waals surface area contributed by atoms with Crippen LogP contribution in [0, 0.1) is 23.1 Å². The first kappa shape index (κ1) is 12.4. The summed E-state index contributed by atoms with van der Waals surface area (Å²) in [5.74, 6) is -1.64. The third kappa shape index (κ3) is 2.43. The molecule has 0 bridgehead atoms. The lowest BCUT2D eigenvalue weighted by molar-refractivity contribution is 0.0930. The van der Waals surface area contributed by atoms with E-state index in [9.17, 15) is 14.3 Å². The lowest BCUT2D eigenvalue weighted by Gasteiger charge is -2.15. The number of nitriles is 1. The molecule has 1 aliphatic carbocycles. The number of carbonyl (C=O) groups excluding carboxylic acids is 1. The van der Waals surface area contributed by atoms with Crippen molar-refractivity contribution in [2.45, 2.75) is 25.3 Å². The summed E-state index contributed by atoms with van der Waals surface area (Å²) in [5.41, 5.74) is 0.0278. The van der Waals surface area contributed by atoms with E-state index in [2.05, 4.69) is 11.4 Å². The van der Waals surface area contributed by atoms with Crippen LogP contribution in [0.25, 0.3) is 0 Å². The summed E-state index contributed by atoms with van der Waals surface area (Å²) in [7, 11) is 0. The Morgan fingerprint density at radius 3 is 2.94 bits per heavy atom. The van der Waals surface area contributed by atoms with Crippen LogP contribution in [0.4, 0.5) is 4.39 Å². The minimum Gasteiger partial charge on any atom is -0.507 e. The molecule has 0 aromatic heterocycles. The smallest absolute Gasteiger partial charge is 0.255 e. The third-order valence-electron chi connectivity index (χ3n) is 3.20. The second-order valence-corrected chi connectivity index (χ2v) is 4.41. The topological polar surface area (TPSA) is 73.1 Å². The molecule has 1 aromatic carbocycles. The fourth-order valence-corrected chi connectivity index (χ4v) is 2.23. The van der Waals surface area contributed by atoms with E-state index in [0.717, 1.165) is 31.4 Å². The fourth-order valence-electron chi connectivity index (χ4n) is 2.23. The van der Waals surface area contributed by atoms with Gasteiger partial charge in [-0.2, -0.15) is 5.26 Å². The molecule has 1 saturated carbocycles. The maximum Gasteiger partial charge on any atom is 0.255 e. The highest BCUT2D eigenvalue weighted by atomic mass is 19.1. The van der Waals surface area contributed by atoms with Gasteiger partial charge in [0.1, 0.15) is 11.6 Å². The van der Waals surface area contributed by atoms with Gasteiger partial charge in [0.15, 0.2) is 0 Å². The number of benzene rings is 1. The molecule has 2 N–H and O–H groups in total. The molecule has 2 unspecified atom stereocenters. The van der Waals surface area contributed by atoms with Crippen LogP contribution in [-0.4, -0.2) is 17.1 Å². The van der Waals surface area contributed by atoms with Crippen molar-refractivity contribution in [1.82, 2.24) is 5.32 Å². The molecule has 2 rings (SSSR count). The van der Waals surface area contributed by atoms with Gasteiger partial charge in [0.2, 0.25) is 0 Å². The molecule has 1 amide bonds. The van der Waals surface area contributed by atoms with Crippen molar-refractivity contribution in [2.24, 2.45) is 5.92 Å². The van der Waals surface area contributed by atoms with Gasteiger partial charge in [-0.25, -0.2) is 4.39 Å². The maximum absolute atomic E-state index is 12.8. The zero-order valence-corrected chi connectivity index (χ0v) is 9.69. The predicted octanol–water partition coefficient (Wildman–Crippen LogP) is 1.95. The molecule has 2 atom stereocenters. The minimum atomic E-state index is -0.597. The summed E-state index contributed by atoms with van der Waals surface area (Å²) in [6.45, 7) is 0. The zero-order chi connectivity index (χ0) is 13.1. The van der Waals surface area contributed by atoms with Crippen molar-refractivity contribution in [2.75, 3.05) is 0 Å². The van der Waals surface area contributed by atoms with Crippen molar-refractivity contribution in [3.63, 3.8) is 0 Å². The van der Waals surface area contributed by atoms with Gasteiger partial charge < -0.3 is 10.4 Å². The van der Waals surface area contributed by atoms with Crippen molar-refractivity contribution in [3.8, 4) is 11.8 Å². The van der Waals surface area contributed by atoms with Gasteiger partial charge in [0, 0.05) is 12.1 Å². The highest BCUT2D eigenvalue weighted by Crippen LogP contribution is 2.26. The molecular formula is C13H13FN2O2. The molecule has 94 valence electrons. The Bertz CT molecular complexity index is 510. The first-order valence-electron chi connectivity index (χ1n) is 5.81. The Labute approximate surface area is 104 Å². The van der Waals surface area contributed by atoms with E-state index in [0.29, 0.717) is 0 Å². The molecule has 1 fully saturated rings. The number of rotatable bonds is 2. The molecule has 0 heterocycles. The number of nitrogens with zero attached hydrogens (tertiary/aromatic N) is 1. The Balaban J connectivity index is 2.10. The van der Waals surface area contributed by atoms with Crippen LogP contribution in [0.3, 0.4) is 0 Å². The van der Waals surface area contributed by atoms with Crippen LogP contribution in [0.1, 0.15) is 29.6 Å².